The highest BCUT2D eigenvalue weighted by Crippen LogP contribution is 2.35. The smallest absolute Gasteiger partial charge is 0.254 e. The molecule has 1 heterocycles. The van der Waals surface area contributed by atoms with Crippen molar-refractivity contribution in [2.45, 2.75) is 63.8 Å². The highest BCUT2D eigenvalue weighted by Gasteiger charge is 2.34. The summed E-state index contributed by atoms with van der Waals surface area (Å²) < 4.78 is 5.94. The molecule has 262 valence electrons. The molecule has 48 heavy (non-hydrogen) atoms. The van der Waals surface area contributed by atoms with Crippen LogP contribution in [0.2, 0.25) is 0 Å². The fourth-order valence-electron chi connectivity index (χ4n) is 6.59. The van der Waals surface area contributed by atoms with E-state index in [-0.39, 0.29) is 43.3 Å². The van der Waals surface area contributed by atoms with Gasteiger partial charge in [0.2, 0.25) is 17.7 Å². The molecule has 3 N–H and O–H groups in total. The number of carbonyl (C=O) groups excluding carboxylic acids is 4. The summed E-state index contributed by atoms with van der Waals surface area (Å²) in [6.07, 6.45) is 7.76. The zero-order valence-corrected chi connectivity index (χ0v) is 29.2. The molecule has 1 saturated carbocycles. The second-order valence-electron chi connectivity index (χ2n) is 13.7. The average molecular weight is 663 g/mol. The van der Waals surface area contributed by atoms with E-state index in [9.17, 15) is 19.2 Å². The van der Waals surface area contributed by atoms with Crippen molar-refractivity contribution >= 4 is 29.3 Å². The minimum absolute atomic E-state index is 0.0401. The van der Waals surface area contributed by atoms with E-state index >= 15 is 0 Å². The maximum Gasteiger partial charge on any atom is 0.254 e. The lowest BCUT2D eigenvalue weighted by Crippen LogP contribution is -2.45. The van der Waals surface area contributed by atoms with Crippen molar-refractivity contribution in [3.63, 3.8) is 0 Å². The number of nitrogens with two attached hydrogens (primary N) is 1. The number of hydrogen-bond donors (Lipinski definition) is 2. The van der Waals surface area contributed by atoms with Crippen LogP contribution in [-0.2, 0) is 20.8 Å². The van der Waals surface area contributed by atoms with Crippen LogP contribution in [0.4, 0.5) is 5.69 Å². The van der Waals surface area contributed by atoms with Crippen LogP contribution in [0.15, 0.2) is 42.5 Å². The third kappa shape index (κ3) is 11.1. The largest absolute Gasteiger partial charge is 0.494 e. The zero-order valence-electron chi connectivity index (χ0n) is 29.2. The number of nitrogens with zero attached hydrogens (tertiary/aromatic N) is 4. The first-order chi connectivity index (χ1) is 23.0. The lowest BCUT2D eigenvalue weighted by atomic mass is 9.88. The standard InChI is InChI=1S/C37H54N6O5/c1-40(2)19-7-23-48-31-15-12-28(13-16-31)33-24-29-11-14-30(39-35(45)17-10-27-8-5-6-9-27)25-32(29)37(47)43(33)20-18-36(46)42(26-34(38)44)22-21-41(3)4/h11-16,25,27,33H,5-10,17-24,26H2,1-4H3,(H2,38,44)(H,39,45). The van der Waals surface area contributed by atoms with E-state index in [2.05, 4.69) is 10.2 Å². The summed E-state index contributed by atoms with van der Waals surface area (Å²) in [4.78, 5) is 59.3. The van der Waals surface area contributed by atoms with Crippen molar-refractivity contribution in [1.29, 1.82) is 0 Å². The second kappa shape index (κ2) is 18.0. The quantitative estimate of drug-likeness (QED) is 0.232. The van der Waals surface area contributed by atoms with Crippen molar-refractivity contribution in [2.75, 3.05) is 72.8 Å². The van der Waals surface area contributed by atoms with Crippen molar-refractivity contribution in [3.05, 3.63) is 59.2 Å². The van der Waals surface area contributed by atoms with Gasteiger partial charge in [0.1, 0.15) is 5.75 Å². The van der Waals surface area contributed by atoms with Crippen LogP contribution >= 0.6 is 0 Å². The van der Waals surface area contributed by atoms with Crippen molar-refractivity contribution in [3.8, 4) is 5.75 Å². The molecule has 11 nitrogen and oxygen atoms in total. The van der Waals surface area contributed by atoms with Crippen molar-refractivity contribution < 1.29 is 23.9 Å². The monoisotopic (exact) mass is 662 g/mol. The number of nitrogens with one attached hydrogen (secondary N) is 1. The lowest BCUT2D eigenvalue weighted by molar-refractivity contribution is -0.135. The van der Waals surface area contributed by atoms with Crippen molar-refractivity contribution in [1.82, 2.24) is 19.6 Å². The van der Waals surface area contributed by atoms with E-state index in [4.69, 9.17) is 10.5 Å². The number of benzene rings is 2. The number of anilines is 1. The molecule has 1 fully saturated rings. The Morgan fingerprint density at radius 1 is 0.938 bits per heavy atom. The molecule has 0 radical (unpaired) electrons. The molecule has 1 aliphatic heterocycles. The Morgan fingerprint density at radius 3 is 2.31 bits per heavy atom. The minimum Gasteiger partial charge on any atom is -0.494 e. The highest BCUT2D eigenvalue weighted by molar-refractivity contribution is 6.00. The summed E-state index contributed by atoms with van der Waals surface area (Å²) in [6.45, 7) is 2.47. The van der Waals surface area contributed by atoms with E-state index in [0.717, 1.165) is 36.3 Å². The van der Waals surface area contributed by atoms with Gasteiger partial charge >= 0.3 is 0 Å². The second-order valence-corrected chi connectivity index (χ2v) is 13.7. The average Bonchev–Trinajstić information content (AvgIpc) is 3.57. The number of fused-ring (bicyclic) bond motifs is 1. The summed E-state index contributed by atoms with van der Waals surface area (Å²) in [5, 5.41) is 3.00. The maximum absolute atomic E-state index is 14.2. The first-order valence-electron chi connectivity index (χ1n) is 17.3. The number of likely N-dealkylation sites (N-methyl/N-ethyl adjacent to an activating group) is 1. The third-order valence-corrected chi connectivity index (χ3v) is 9.30. The lowest BCUT2D eigenvalue weighted by Gasteiger charge is -2.37. The molecule has 2 aliphatic rings. The predicted molar refractivity (Wildman–Crippen MR) is 188 cm³/mol. The molecule has 2 aromatic carbocycles. The van der Waals surface area contributed by atoms with Gasteiger partial charge < -0.3 is 35.4 Å². The summed E-state index contributed by atoms with van der Waals surface area (Å²) in [5.41, 5.74) is 8.41. The first kappa shape index (κ1) is 36.9. The van der Waals surface area contributed by atoms with E-state index in [1.807, 2.05) is 69.5 Å². The van der Waals surface area contributed by atoms with Gasteiger partial charge in [-0.1, -0.05) is 43.9 Å². The van der Waals surface area contributed by atoms with Gasteiger partial charge in [-0.25, -0.2) is 0 Å². The Kier molecular flexibility index (Phi) is 13.8. The van der Waals surface area contributed by atoms with Gasteiger partial charge in [0.05, 0.1) is 19.2 Å². The highest BCUT2D eigenvalue weighted by atomic mass is 16.5. The van der Waals surface area contributed by atoms with Gasteiger partial charge in [-0.2, -0.15) is 0 Å². The van der Waals surface area contributed by atoms with Crippen LogP contribution in [-0.4, -0.2) is 111 Å². The summed E-state index contributed by atoms with van der Waals surface area (Å²) in [5.74, 6) is 0.330. The van der Waals surface area contributed by atoms with Gasteiger partial charge in [-0.05, 0) is 88.8 Å². The van der Waals surface area contributed by atoms with Gasteiger partial charge in [0.25, 0.3) is 5.91 Å². The number of rotatable bonds is 18. The number of carbonyl (C=O) groups is 4. The van der Waals surface area contributed by atoms with Gasteiger partial charge in [-0.3, -0.25) is 19.2 Å². The van der Waals surface area contributed by atoms with E-state index in [1.165, 1.54) is 30.6 Å². The molecule has 0 saturated heterocycles. The summed E-state index contributed by atoms with van der Waals surface area (Å²) in [7, 11) is 7.86. The molecule has 4 amide bonds. The molecular weight excluding hydrogens is 608 g/mol. The fraction of sp³-hybridized carbons (Fsp3) is 0.568. The van der Waals surface area contributed by atoms with E-state index in [0.29, 0.717) is 49.7 Å². The summed E-state index contributed by atoms with van der Waals surface area (Å²) in [6, 6.07) is 13.1. The Labute approximate surface area is 285 Å². The van der Waals surface area contributed by atoms with Crippen LogP contribution in [0.25, 0.3) is 0 Å². The molecule has 4 rings (SSSR count). The molecule has 11 heteroatoms. The van der Waals surface area contributed by atoms with Crippen molar-refractivity contribution in [2.24, 2.45) is 11.7 Å². The molecule has 0 bridgehead atoms. The maximum atomic E-state index is 14.2. The van der Waals surface area contributed by atoms with Crippen LogP contribution in [0.1, 0.15) is 78.9 Å². The SMILES string of the molecule is CN(C)CCCOc1ccc(C2Cc3ccc(NC(=O)CCC4CCCC4)cc3C(=O)N2CCC(=O)N(CCN(C)C)CC(N)=O)cc1. The molecule has 1 atom stereocenters. The topological polar surface area (TPSA) is 129 Å². The van der Waals surface area contributed by atoms with E-state index in [1.54, 1.807) is 11.0 Å². The Balaban J connectivity index is 1.51. The number of primary amides is 1. The molecule has 1 unspecified atom stereocenters. The fourth-order valence-corrected chi connectivity index (χ4v) is 6.59. The first-order valence-corrected chi connectivity index (χ1v) is 17.3. The Bertz CT molecular complexity index is 1390. The van der Waals surface area contributed by atoms with Gasteiger partial charge in [0.15, 0.2) is 0 Å². The third-order valence-electron chi connectivity index (χ3n) is 9.30. The molecule has 2 aromatic rings. The molecule has 0 spiro atoms. The Hall–Kier alpha value is -3.96. The van der Waals surface area contributed by atoms with Gasteiger partial charge in [0, 0.05) is 50.3 Å². The van der Waals surface area contributed by atoms with Crippen LogP contribution < -0.4 is 15.8 Å². The van der Waals surface area contributed by atoms with E-state index < -0.39 is 5.91 Å². The number of ether oxygens (including phenoxy) is 1. The zero-order chi connectivity index (χ0) is 34.6. The summed E-state index contributed by atoms with van der Waals surface area (Å²) >= 11 is 0. The normalized spacial score (nSPS) is 16.3. The minimum atomic E-state index is -0.579. The van der Waals surface area contributed by atoms with Gasteiger partial charge in [-0.15, -0.1) is 0 Å². The predicted octanol–water partition coefficient (Wildman–Crippen LogP) is 3.93. The Morgan fingerprint density at radius 2 is 1.65 bits per heavy atom. The number of amides is 4. The van der Waals surface area contributed by atoms with Crippen LogP contribution in [0.5, 0.6) is 5.75 Å². The van der Waals surface area contributed by atoms with Crippen LogP contribution in [0, 0.1) is 5.92 Å². The molecule has 1 aliphatic carbocycles. The number of hydrogen-bond acceptors (Lipinski definition) is 7. The molecular formula is C37H54N6O5. The van der Waals surface area contributed by atoms with Crippen LogP contribution in [0.3, 0.4) is 0 Å². The molecule has 0 aromatic heterocycles.